The SMILES string of the molecule is CC(C)C(C(=O)Cl)N(C)C(=O)c1ccccc1C=O. The Labute approximate surface area is 117 Å². The van der Waals surface area contributed by atoms with Gasteiger partial charge in [-0.2, -0.15) is 0 Å². The maximum absolute atomic E-state index is 12.3. The average molecular weight is 282 g/mol. The van der Waals surface area contributed by atoms with Crippen LogP contribution in [0.3, 0.4) is 0 Å². The molecule has 0 N–H and O–H groups in total. The van der Waals surface area contributed by atoms with Gasteiger partial charge in [0, 0.05) is 12.6 Å². The standard InChI is InChI=1S/C14H16ClNO3/c1-9(2)12(13(15)18)16(3)14(19)11-7-5-4-6-10(11)8-17/h4-9,12H,1-3H3. The van der Waals surface area contributed by atoms with Gasteiger partial charge in [-0.05, 0) is 23.6 Å². The number of amides is 1. The largest absolute Gasteiger partial charge is 0.330 e. The van der Waals surface area contributed by atoms with Crippen molar-refractivity contribution in [3.05, 3.63) is 35.4 Å². The van der Waals surface area contributed by atoms with E-state index in [1.54, 1.807) is 38.1 Å². The Kier molecular flexibility index (Phi) is 5.24. The van der Waals surface area contributed by atoms with Gasteiger partial charge in [-0.15, -0.1) is 0 Å². The van der Waals surface area contributed by atoms with Crippen LogP contribution in [-0.4, -0.2) is 35.4 Å². The van der Waals surface area contributed by atoms with Crippen LogP contribution < -0.4 is 0 Å². The number of nitrogens with zero attached hydrogens (tertiary/aromatic N) is 1. The maximum Gasteiger partial charge on any atom is 0.254 e. The molecule has 1 unspecified atom stereocenters. The number of benzene rings is 1. The predicted molar refractivity (Wildman–Crippen MR) is 73.4 cm³/mol. The van der Waals surface area contributed by atoms with Gasteiger partial charge in [0.05, 0.1) is 5.56 Å². The van der Waals surface area contributed by atoms with Gasteiger partial charge in [-0.25, -0.2) is 0 Å². The molecule has 0 bridgehead atoms. The van der Waals surface area contributed by atoms with E-state index in [2.05, 4.69) is 0 Å². The molecule has 0 aliphatic rings. The second-order valence-electron chi connectivity index (χ2n) is 4.61. The number of likely N-dealkylation sites (N-methyl/N-ethyl adjacent to an activating group) is 1. The summed E-state index contributed by atoms with van der Waals surface area (Å²) in [6.45, 7) is 3.61. The zero-order chi connectivity index (χ0) is 14.6. The molecular weight excluding hydrogens is 266 g/mol. The van der Waals surface area contributed by atoms with Crippen molar-refractivity contribution in [3.8, 4) is 0 Å². The fourth-order valence-electron chi connectivity index (χ4n) is 1.97. The van der Waals surface area contributed by atoms with Gasteiger partial charge in [0.2, 0.25) is 5.24 Å². The Morgan fingerprint density at radius 1 is 1.26 bits per heavy atom. The zero-order valence-corrected chi connectivity index (χ0v) is 11.8. The minimum atomic E-state index is -0.714. The van der Waals surface area contributed by atoms with Crippen molar-refractivity contribution in [1.29, 1.82) is 0 Å². The minimum Gasteiger partial charge on any atom is -0.330 e. The molecule has 19 heavy (non-hydrogen) atoms. The van der Waals surface area contributed by atoms with E-state index in [0.717, 1.165) is 0 Å². The summed E-state index contributed by atoms with van der Waals surface area (Å²) in [6.07, 6.45) is 0.619. The van der Waals surface area contributed by atoms with Crippen molar-refractivity contribution in [2.75, 3.05) is 7.05 Å². The first-order valence-electron chi connectivity index (χ1n) is 5.90. The molecule has 0 aliphatic carbocycles. The molecule has 4 nitrogen and oxygen atoms in total. The molecule has 1 atom stereocenters. The van der Waals surface area contributed by atoms with Gasteiger partial charge < -0.3 is 4.90 Å². The van der Waals surface area contributed by atoms with E-state index in [4.69, 9.17) is 11.6 Å². The van der Waals surface area contributed by atoms with E-state index in [1.807, 2.05) is 0 Å². The molecule has 0 spiro atoms. The highest BCUT2D eigenvalue weighted by atomic mass is 35.5. The molecule has 0 heterocycles. The van der Waals surface area contributed by atoms with Crippen LogP contribution in [0.4, 0.5) is 0 Å². The topological polar surface area (TPSA) is 54.5 Å². The van der Waals surface area contributed by atoms with Crippen molar-refractivity contribution in [2.24, 2.45) is 5.92 Å². The quantitative estimate of drug-likeness (QED) is 0.615. The Hall–Kier alpha value is -1.68. The average Bonchev–Trinajstić information content (AvgIpc) is 2.36. The third-order valence-corrected chi connectivity index (χ3v) is 3.14. The van der Waals surface area contributed by atoms with E-state index >= 15 is 0 Å². The second-order valence-corrected chi connectivity index (χ2v) is 4.99. The molecule has 0 saturated heterocycles. The maximum atomic E-state index is 12.3. The van der Waals surface area contributed by atoms with Gasteiger partial charge in [0.25, 0.3) is 5.91 Å². The molecule has 5 heteroatoms. The molecule has 102 valence electrons. The van der Waals surface area contributed by atoms with Crippen LogP contribution in [0.5, 0.6) is 0 Å². The summed E-state index contributed by atoms with van der Waals surface area (Å²) in [5, 5.41) is -0.588. The van der Waals surface area contributed by atoms with Crippen molar-refractivity contribution >= 4 is 29.0 Å². The van der Waals surface area contributed by atoms with Crippen molar-refractivity contribution in [1.82, 2.24) is 4.90 Å². The van der Waals surface area contributed by atoms with Crippen LogP contribution in [0, 0.1) is 5.92 Å². The summed E-state index contributed by atoms with van der Waals surface area (Å²) >= 11 is 5.54. The monoisotopic (exact) mass is 281 g/mol. The Morgan fingerprint density at radius 3 is 2.32 bits per heavy atom. The smallest absolute Gasteiger partial charge is 0.254 e. The van der Waals surface area contributed by atoms with E-state index in [-0.39, 0.29) is 11.5 Å². The number of carbonyl (C=O) groups is 3. The van der Waals surface area contributed by atoms with Gasteiger partial charge >= 0.3 is 0 Å². The number of hydrogen-bond donors (Lipinski definition) is 0. The number of hydrogen-bond acceptors (Lipinski definition) is 3. The first-order valence-corrected chi connectivity index (χ1v) is 6.28. The lowest BCUT2D eigenvalue weighted by Gasteiger charge is -2.28. The van der Waals surface area contributed by atoms with Crippen LogP contribution in [0.1, 0.15) is 34.6 Å². The highest BCUT2D eigenvalue weighted by Gasteiger charge is 2.29. The molecule has 0 fully saturated rings. The van der Waals surface area contributed by atoms with Gasteiger partial charge in [0.15, 0.2) is 6.29 Å². The summed E-state index contributed by atoms with van der Waals surface area (Å²) in [5.74, 6) is -0.502. The third kappa shape index (κ3) is 3.41. The van der Waals surface area contributed by atoms with Gasteiger partial charge in [-0.3, -0.25) is 14.4 Å². The first-order chi connectivity index (χ1) is 8.90. The fourth-order valence-corrected chi connectivity index (χ4v) is 2.37. The molecule has 1 rings (SSSR count). The summed E-state index contributed by atoms with van der Waals surface area (Å²) in [7, 11) is 1.51. The van der Waals surface area contributed by atoms with Crippen LogP contribution >= 0.6 is 11.6 Å². The Morgan fingerprint density at radius 2 is 1.84 bits per heavy atom. The van der Waals surface area contributed by atoms with E-state index < -0.39 is 17.2 Å². The summed E-state index contributed by atoms with van der Waals surface area (Å²) in [4.78, 5) is 36.0. The van der Waals surface area contributed by atoms with Gasteiger partial charge in [0.1, 0.15) is 6.04 Å². The number of rotatable bonds is 5. The van der Waals surface area contributed by atoms with Gasteiger partial charge in [-0.1, -0.05) is 32.0 Å². The predicted octanol–water partition coefficient (Wildman–Crippen LogP) is 2.36. The van der Waals surface area contributed by atoms with Crippen molar-refractivity contribution in [3.63, 3.8) is 0 Å². The Bertz CT molecular complexity index is 499. The second kappa shape index (κ2) is 6.48. The van der Waals surface area contributed by atoms with Crippen molar-refractivity contribution in [2.45, 2.75) is 19.9 Å². The molecule has 0 saturated carbocycles. The minimum absolute atomic E-state index is 0.109. The fraction of sp³-hybridized carbons (Fsp3) is 0.357. The lowest BCUT2D eigenvalue weighted by atomic mass is 10.0. The highest BCUT2D eigenvalue weighted by molar-refractivity contribution is 6.64. The first kappa shape index (κ1) is 15.4. The van der Waals surface area contributed by atoms with Crippen LogP contribution in [0.25, 0.3) is 0 Å². The summed E-state index contributed by atoms with van der Waals surface area (Å²) < 4.78 is 0. The summed E-state index contributed by atoms with van der Waals surface area (Å²) in [6, 6.07) is 5.74. The molecule has 1 aromatic rings. The molecule has 1 aromatic carbocycles. The molecule has 0 aliphatic heterocycles. The van der Waals surface area contributed by atoms with Crippen molar-refractivity contribution < 1.29 is 14.4 Å². The molecular formula is C14H16ClNO3. The number of carbonyl (C=O) groups excluding carboxylic acids is 3. The normalized spacial score (nSPS) is 12.1. The van der Waals surface area contributed by atoms with Crippen LogP contribution in [0.15, 0.2) is 24.3 Å². The highest BCUT2D eigenvalue weighted by Crippen LogP contribution is 2.17. The van der Waals surface area contributed by atoms with Crippen LogP contribution in [-0.2, 0) is 4.79 Å². The van der Waals surface area contributed by atoms with E-state index in [9.17, 15) is 14.4 Å². The number of aldehydes is 1. The van der Waals surface area contributed by atoms with E-state index in [1.165, 1.54) is 11.9 Å². The lowest BCUT2D eigenvalue weighted by Crippen LogP contribution is -2.44. The third-order valence-electron chi connectivity index (χ3n) is 2.92. The summed E-state index contributed by atoms with van der Waals surface area (Å²) in [5.41, 5.74) is 0.562. The lowest BCUT2D eigenvalue weighted by molar-refractivity contribution is -0.116. The molecule has 0 aromatic heterocycles. The number of halogens is 1. The van der Waals surface area contributed by atoms with Crippen LogP contribution in [0.2, 0.25) is 0 Å². The van der Waals surface area contributed by atoms with E-state index in [0.29, 0.717) is 11.8 Å². The zero-order valence-electron chi connectivity index (χ0n) is 11.1. The molecule has 1 amide bonds. The molecule has 0 radical (unpaired) electrons. The Balaban J connectivity index is 3.11.